The summed E-state index contributed by atoms with van der Waals surface area (Å²) < 4.78 is 24.1. The zero-order valence-electron chi connectivity index (χ0n) is 11.8. The smallest absolute Gasteiger partial charge is 0.231 e. The Balaban J connectivity index is 0.00000176. The van der Waals surface area contributed by atoms with Crippen LogP contribution in [0.1, 0.15) is 11.1 Å². The monoisotopic (exact) mass is 343 g/mol. The van der Waals surface area contributed by atoms with Crippen LogP contribution in [0.15, 0.2) is 36.4 Å². The Labute approximate surface area is 139 Å². The SMILES string of the molecule is Cl.Fc1ccccc1CCNCc1cc(Cl)c2c(c1)OCO2. The maximum Gasteiger partial charge on any atom is 0.231 e. The molecular weight excluding hydrogens is 328 g/mol. The molecule has 0 aromatic heterocycles. The summed E-state index contributed by atoms with van der Waals surface area (Å²) in [4.78, 5) is 0. The molecular formula is C16H16Cl2FNO2. The first-order chi connectivity index (χ1) is 10.2. The molecule has 0 fully saturated rings. The van der Waals surface area contributed by atoms with E-state index < -0.39 is 0 Å². The average molecular weight is 344 g/mol. The Morgan fingerprint density at radius 1 is 1.18 bits per heavy atom. The minimum Gasteiger partial charge on any atom is -0.454 e. The number of fused-ring (bicyclic) bond motifs is 1. The Bertz CT molecular complexity index is 652. The molecule has 118 valence electrons. The van der Waals surface area contributed by atoms with Crippen LogP contribution >= 0.6 is 24.0 Å². The molecule has 0 aliphatic carbocycles. The van der Waals surface area contributed by atoms with Gasteiger partial charge in [0.2, 0.25) is 6.79 Å². The quantitative estimate of drug-likeness (QED) is 0.833. The average Bonchev–Trinajstić information content (AvgIpc) is 2.94. The van der Waals surface area contributed by atoms with Crippen LogP contribution in [0.4, 0.5) is 4.39 Å². The zero-order chi connectivity index (χ0) is 14.7. The van der Waals surface area contributed by atoms with Crippen molar-refractivity contribution >= 4 is 24.0 Å². The van der Waals surface area contributed by atoms with Crippen molar-refractivity contribution < 1.29 is 13.9 Å². The summed E-state index contributed by atoms with van der Waals surface area (Å²) >= 11 is 6.12. The van der Waals surface area contributed by atoms with Crippen molar-refractivity contribution in [3.63, 3.8) is 0 Å². The molecule has 0 bridgehead atoms. The first-order valence-electron chi connectivity index (χ1n) is 6.76. The molecule has 22 heavy (non-hydrogen) atoms. The van der Waals surface area contributed by atoms with E-state index in [0.717, 1.165) is 5.56 Å². The van der Waals surface area contributed by atoms with E-state index in [4.69, 9.17) is 21.1 Å². The van der Waals surface area contributed by atoms with Gasteiger partial charge in [-0.1, -0.05) is 29.8 Å². The highest BCUT2D eigenvalue weighted by molar-refractivity contribution is 6.32. The summed E-state index contributed by atoms with van der Waals surface area (Å²) in [5, 5.41) is 3.83. The number of hydrogen-bond acceptors (Lipinski definition) is 3. The van der Waals surface area contributed by atoms with Crippen molar-refractivity contribution in [2.75, 3.05) is 13.3 Å². The number of hydrogen-bond donors (Lipinski definition) is 1. The molecule has 3 nitrogen and oxygen atoms in total. The summed E-state index contributed by atoms with van der Waals surface area (Å²) in [6, 6.07) is 10.6. The molecule has 1 N–H and O–H groups in total. The molecule has 0 atom stereocenters. The van der Waals surface area contributed by atoms with Crippen LogP contribution in [0.5, 0.6) is 11.5 Å². The Morgan fingerprint density at radius 2 is 2.00 bits per heavy atom. The molecule has 0 saturated heterocycles. The van der Waals surface area contributed by atoms with E-state index in [-0.39, 0.29) is 25.0 Å². The van der Waals surface area contributed by atoms with Crippen LogP contribution in [0.2, 0.25) is 5.02 Å². The summed E-state index contributed by atoms with van der Waals surface area (Å²) in [6.07, 6.45) is 0.644. The largest absolute Gasteiger partial charge is 0.454 e. The van der Waals surface area contributed by atoms with E-state index in [0.29, 0.717) is 41.6 Å². The molecule has 0 spiro atoms. The summed E-state index contributed by atoms with van der Waals surface area (Å²) in [5.74, 6) is 1.12. The lowest BCUT2D eigenvalue weighted by atomic mass is 10.1. The van der Waals surface area contributed by atoms with E-state index in [9.17, 15) is 4.39 Å². The molecule has 0 saturated carbocycles. The van der Waals surface area contributed by atoms with Crippen LogP contribution in [-0.4, -0.2) is 13.3 Å². The minimum absolute atomic E-state index is 0. The number of ether oxygens (including phenoxy) is 2. The van der Waals surface area contributed by atoms with Crippen LogP contribution in [0.3, 0.4) is 0 Å². The van der Waals surface area contributed by atoms with Crippen LogP contribution < -0.4 is 14.8 Å². The molecule has 2 aromatic carbocycles. The van der Waals surface area contributed by atoms with Crippen LogP contribution in [0.25, 0.3) is 0 Å². The van der Waals surface area contributed by atoms with Gasteiger partial charge in [-0.3, -0.25) is 0 Å². The number of benzene rings is 2. The van der Waals surface area contributed by atoms with Gasteiger partial charge in [0.1, 0.15) is 5.82 Å². The molecule has 0 amide bonds. The van der Waals surface area contributed by atoms with Gasteiger partial charge in [-0.05, 0) is 42.3 Å². The van der Waals surface area contributed by atoms with Crippen LogP contribution in [-0.2, 0) is 13.0 Å². The van der Waals surface area contributed by atoms with Gasteiger partial charge in [0.05, 0.1) is 5.02 Å². The van der Waals surface area contributed by atoms with Gasteiger partial charge < -0.3 is 14.8 Å². The highest BCUT2D eigenvalue weighted by Gasteiger charge is 2.17. The van der Waals surface area contributed by atoms with E-state index in [1.54, 1.807) is 12.1 Å². The van der Waals surface area contributed by atoms with Crippen LogP contribution in [0, 0.1) is 5.82 Å². The van der Waals surface area contributed by atoms with Gasteiger partial charge in [0.15, 0.2) is 11.5 Å². The fourth-order valence-electron chi connectivity index (χ4n) is 2.28. The topological polar surface area (TPSA) is 30.5 Å². The molecule has 2 aromatic rings. The molecule has 6 heteroatoms. The third kappa shape index (κ3) is 3.83. The van der Waals surface area contributed by atoms with Gasteiger partial charge >= 0.3 is 0 Å². The molecule has 0 radical (unpaired) electrons. The van der Waals surface area contributed by atoms with Gasteiger partial charge in [-0.2, -0.15) is 0 Å². The Kier molecular flexibility index (Phi) is 5.89. The second kappa shape index (κ2) is 7.68. The van der Waals surface area contributed by atoms with E-state index in [1.807, 2.05) is 18.2 Å². The zero-order valence-corrected chi connectivity index (χ0v) is 13.3. The third-order valence-electron chi connectivity index (χ3n) is 3.35. The Hall–Kier alpha value is -1.49. The number of halogens is 3. The standard InChI is InChI=1S/C16H15ClFNO2.ClH/c17-13-7-11(8-15-16(13)21-10-20-15)9-19-6-5-12-3-1-2-4-14(12)18;/h1-4,7-8,19H,5-6,9-10H2;1H. The second-order valence-corrected chi connectivity index (χ2v) is 5.24. The molecule has 1 heterocycles. The summed E-state index contributed by atoms with van der Waals surface area (Å²) in [7, 11) is 0. The molecule has 3 rings (SSSR count). The number of nitrogens with one attached hydrogen (secondary N) is 1. The maximum atomic E-state index is 13.5. The first-order valence-corrected chi connectivity index (χ1v) is 7.14. The third-order valence-corrected chi connectivity index (χ3v) is 3.63. The predicted molar refractivity (Wildman–Crippen MR) is 86.6 cm³/mol. The van der Waals surface area contributed by atoms with Gasteiger partial charge in [-0.25, -0.2) is 4.39 Å². The molecule has 1 aliphatic heterocycles. The van der Waals surface area contributed by atoms with Gasteiger partial charge in [0, 0.05) is 6.54 Å². The molecule has 0 unspecified atom stereocenters. The molecule has 1 aliphatic rings. The predicted octanol–water partition coefficient (Wildman–Crippen LogP) is 3.96. The van der Waals surface area contributed by atoms with E-state index in [2.05, 4.69) is 5.32 Å². The first kappa shape index (κ1) is 16.9. The highest BCUT2D eigenvalue weighted by atomic mass is 35.5. The lowest BCUT2D eigenvalue weighted by Crippen LogP contribution is -2.17. The summed E-state index contributed by atoms with van der Waals surface area (Å²) in [6.45, 7) is 1.54. The van der Waals surface area contributed by atoms with Gasteiger partial charge in [-0.15, -0.1) is 12.4 Å². The van der Waals surface area contributed by atoms with Crippen molar-refractivity contribution in [2.24, 2.45) is 0 Å². The normalized spacial score (nSPS) is 12.1. The fourth-order valence-corrected chi connectivity index (χ4v) is 2.57. The van der Waals surface area contributed by atoms with Crippen molar-refractivity contribution in [3.05, 3.63) is 58.4 Å². The van der Waals surface area contributed by atoms with E-state index in [1.165, 1.54) is 6.07 Å². The second-order valence-electron chi connectivity index (χ2n) is 4.83. The summed E-state index contributed by atoms with van der Waals surface area (Å²) in [5.41, 5.74) is 1.73. The lowest BCUT2D eigenvalue weighted by molar-refractivity contribution is 0.174. The fraction of sp³-hybridized carbons (Fsp3) is 0.250. The van der Waals surface area contributed by atoms with Crippen molar-refractivity contribution in [1.82, 2.24) is 5.32 Å². The van der Waals surface area contributed by atoms with Crippen molar-refractivity contribution in [1.29, 1.82) is 0 Å². The van der Waals surface area contributed by atoms with E-state index >= 15 is 0 Å². The van der Waals surface area contributed by atoms with Gasteiger partial charge in [0.25, 0.3) is 0 Å². The van der Waals surface area contributed by atoms with Crippen molar-refractivity contribution in [2.45, 2.75) is 13.0 Å². The number of rotatable bonds is 5. The highest BCUT2D eigenvalue weighted by Crippen LogP contribution is 2.39. The van der Waals surface area contributed by atoms with Crippen molar-refractivity contribution in [3.8, 4) is 11.5 Å². The maximum absolute atomic E-state index is 13.5. The minimum atomic E-state index is -0.162. The Morgan fingerprint density at radius 3 is 2.82 bits per heavy atom. The lowest BCUT2D eigenvalue weighted by Gasteiger charge is -2.08.